The molecule has 2 unspecified atom stereocenters. The second-order valence-corrected chi connectivity index (χ2v) is 6.07. The lowest BCUT2D eigenvalue weighted by Gasteiger charge is -2.37. The Morgan fingerprint density at radius 3 is 3.05 bits per heavy atom. The monoisotopic (exact) mass is 281 g/mol. The zero-order valence-corrected chi connectivity index (χ0v) is 12.2. The average Bonchev–Trinajstić information content (AvgIpc) is 3.04. The maximum atomic E-state index is 10.4. The number of aromatic nitrogens is 2. The molecule has 0 radical (unpaired) electrons. The van der Waals surface area contributed by atoms with Crippen LogP contribution in [0.5, 0.6) is 0 Å². The van der Waals surface area contributed by atoms with E-state index in [0.29, 0.717) is 30.7 Å². The quantitative estimate of drug-likeness (QED) is 0.739. The van der Waals surface area contributed by atoms with Crippen LogP contribution in [-0.2, 0) is 12.0 Å². The van der Waals surface area contributed by atoms with Crippen molar-refractivity contribution in [3.05, 3.63) is 11.7 Å². The molecule has 0 aromatic carbocycles. The number of hydrogen-bond acceptors (Lipinski definition) is 7. The molecule has 2 aliphatic rings. The van der Waals surface area contributed by atoms with Crippen molar-refractivity contribution in [2.75, 3.05) is 46.8 Å². The Bertz CT molecular complexity index is 457. The molecule has 2 N–H and O–H groups in total. The second kappa shape index (κ2) is 5.40. The van der Waals surface area contributed by atoms with E-state index in [9.17, 15) is 5.11 Å². The summed E-state index contributed by atoms with van der Waals surface area (Å²) in [5.41, 5.74) is -0.986. The number of nitrogens with zero attached hydrogens (tertiary/aromatic N) is 4. The van der Waals surface area contributed by atoms with Gasteiger partial charge in [0.15, 0.2) is 11.4 Å². The zero-order chi connectivity index (χ0) is 14.2. The number of piperazine rings is 1. The highest BCUT2D eigenvalue weighted by Crippen LogP contribution is 2.26. The third-order valence-corrected chi connectivity index (χ3v) is 4.40. The lowest BCUT2D eigenvalue weighted by molar-refractivity contribution is 0.0243. The van der Waals surface area contributed by atoms with Crippen molar-refractivity contribution in [3.8, 4) is 0 Å². The molecule has 7 heteroatoms. The molecule has 0 saturated carbocycles. The number of hydrogen-bond donors (Lipinski definition) is 2. The lowest BCUT2D eigenvalue weighted by atomic mass is 10.0. The van der Waals surface area contributed by atoms with Gasteiger partial charge in [0.25, 0.3) is 5.89 Å². The first-order valence-electron chi connectivity index (χ1n) is 7.22. The molecule has 0 spiro atoms. The smallest absolute Gasteiger partial charge is 0.259 e. The molecule has 20 heavy (non-hydrogen) atoms. The van der Waals surface area contributed by atoms with Gasteiger partial charge >= 0.3 is 0 Å². The van der Waals surface area contributed by atoms with Crippen LogP contribution in [0.4, 0.5) is 0 Å². The predicted octanol–water partition coefficient (Wildman–Crippen LogP) is -0.961. The van der Waals surface area contributed by atoms with Gasteiger partial charge in [-0.3, -0.25) is 0 Å². The highest BCUT2D eigenvalue weighted by Gasteiger charge is 2.39. The molecule has 1 aromatic rings. The van der Waals surface area contributed by atoms with Gasteiger partial charge in [-0.25, -0.2) is 0 Å². The van der Waals surface area contributed by atoms with Crippen LogP contribution in [0, 0.1) is 0 Å². The van der Waals surface area contributed by atoms with Crippen molar-refractivity contribution in [1.82, 2.24) is 25.3 Å². The van der Waals surface area contributed by atoms with E-state index in [-0.39, 0.29) is 0 Å². The Morgan fingerprint density at radius 1 is 1.45 bits per heavy atom. The molecule has 1 aromatic heterocycles. The van der Waals surface area contributed by atoms with Gasteiger partial charge in [0, 0.05) is 38.6 Å². The van der Waals surface area contributed by atoms with E-state index in [1.165, 1.54) is 0 Å². The first-order valence-corrected chi connectivity index (χ1v) is 7.22. The van der Waals surface area contributed by atoms with E-state index in [2.05, 4.69) is 39.4 Å². The molecule has 2 fully saturated rings. The number of β-amino-alcohol motifs (C(OH)–C–C–N with tert-alkyl or cyclic N) is 1. The van der Waals surface area contributed by atoms with Crippen molar-refractivity contribution < 1.29 is 9.63 Å². The standard InChI is InChI=1S/C13H23N5O2/c1-17-5-6-18(2)10(8-17)7-11-15-12(20-16-11)13(19)3-4-14-9-13/h10,14,19H,3-9H2,1-2H3. The minimum atomic E-state index is -0.986. The fraction of sp³-hybridized carbons (Fsp3) is 0.846. The number of aliphatic hydroxyl groups is 1. The van der Waals surface area contributed by atoms with Crippen molar-refractivity contribution in [3.63, 3.8) is 0 Å². The minimum Gasteiger partial charge on any atom is -0.379 e. The Kier molecular flexibility index (Phi) is 3.76. The second-order valence-electron chi connectivity index (χ2n) is 6.07. The van der Waals surface area contributed by atoms with Gasteiger partial charge in [0.1, 0.15) is 0 Å². The van der Waals surface area contributed by atoms with Crippen LogP contribution in [0.15, 0.2) is 4.52 Å². The summed E-state index contributed by atoms with van der Waals surface area (Å²) < 4.78 is 5.27. The first kappa shape index (κ1) is 13.9. The van der Waals surface area contributed by atoms with Crippen LogP contribution in [0.1, 0.15) is 18.1 Å². The first-order chi connectivity index (χ1) is 9.57. The van der Waals surface area contributed by atoms with E-state index < -0.39 is 5.60 Å². The summed E-state index contributed by atoms with van der Waals surface area (Å²) in [5, 5.41) is 17.6. The Morgan fingerprint density at radius 2 is 2.30 bits per heavy atom. The highest BCUT2D eigenvalue weighted by atomic mass is 16.5. The fourth-order valence-electron chi connectivity index (χ4n) is 2.92. The van der Waals surface area contributed by atoms with Crippen molar-refractivity contribution in [2.24, 2.45) is 0 Å². The molecule has 3 heterocycles. The summed E-state index contributed by atoms with van der Waals surface area (Å²) in [6.45, 7) is 4.42. The molecule has 0 bridgehead atoms. The minimum absolute atomic E-state index is 0.351. The average molecular weight is 281 g/mol. The summed E-state index contributed by atoms with van der Waals surface area (Å²) in [7, 11) is 4.27. The summed E-state index contributed by atoms with van der Waals surface area (Å²) >= 11 is 0. The van der Waals surface area contributed by atoms with Crippen molar-refractivity contribution >= 4 is 0 Å². The number of likely N-dealkylation sites (N-methyl/N-ethyl adjacent to an activating group) is 2. The van der Waals surface area contributed by atoms with Crippen LogP contribution in [0.3, 0.4) is 0 Å². The third kappa shape index (κ3) is 2.71. The predicted molar refractivity (Wildman–Crippen MR) is 73.3 cm³/mol. The fourth-order valence-corrected chi connectivity index (χ4v) is 2.92. The maximum Gasteiger partial charge on any atom is 0.259 e. The largest absolute Gasteiger partial charge is 0.379 e. The molecule has 7 nitrogen and oxygen atoms in total. The van der Waals surface area contributed by atoms with Crippen LogP contribution in [-0.4, -0.2) is 77.9 Å². The maximum absolute atomic E-state index is 10.4. The van der Waals surface area contributed by atoms with E-state index >= 15 is 0 Å². The van der Waals surface area contributed by atoms with Crippen molar-refractivity contribution in [2.45, 2.75) is 24.5 Å². The lowest BCUT2D eigenvalue weighted by Crippen LogP contribution is -2.50. The Balaban J connectivity index is 1.67. The van der Waals surface area contributed by atoms with Crippen LogP contribution in [0.2, 0.25) is 0 Å². The van der Waals surface area contributed by atoms with Gasteiger partial charge in [-0.2, -0.15) is 4.98 Å². The van der Waals surface area contributed by atoms with E-state index in [1.54, 1.807) is 0 Å². The normalized spacial score (nSPS) is 32.9. The topological polar surface area (TPSA) is 77.7 Å². The molecule has 2 aliphatic heterocycles. The molecule has 0 amide bonds. The number of rotatable bonds is 3. The van der Waals surface area contributed by atoms with Gasteiger partial charge in [-0.1, -0.05) is 5.16 Å². The van der Waals surface area contributed by atoms with Gasteiger partial charge < -0.3 is 24.7 Å². The Hall–Kier alpha value is -1.02. The third-order valence-electron chi connectivity index (χ3n) is 4.40. The van der Waals surface area contributed by atoms with Crippen LogP contribution in [0.25, 0.3) is 0 Å². The van der Waals surface area contributed by atoms with E-state index in [0.717, 1.165) is 32.6 Å². The molecule has 0 aliphatic carbocycles. The van der Waals surface area contributed by atoms with Gasteiger partial charge in [0.2, 0.25) is 0 Å². The number of nitrogens with one attached hydrogen (secondary N) is 1. The van der Waals surface area contributed by atoms with Gasteiger partial charge in [-0.05, 0) is 27.1 Å². The summed E-state index contributed by atoms with van der Waals surface area (Å²) in [4.78, 5) is 9.06. The van der Waals surface area contributed by atoms with Crippen molar-refractivity contribution in [1.29, 1.82) is 0 Å². The zero-order valence-electron chi connectivity index (χ0n) is 12.2. The molecule has 2 saturated heterocycles. The van der Waals surface area contributed by atoms with Crippen LogP contribution < -0.4 is 5.32 Å². The summed E-state index contributed by atoms with van der Waals surface area (Å²) in [6.07, 6.45) is 1.38. The molecular formula is C13H23N5O2. The summed E-state index contributed by atoms with van der Waals surface area (Å²) in [6, 6.07) is 0.399. The van der Waals surface area contributed by atoms with Gasteiger partial charge in [-0.15, -0.1) is 0 Å². The van der Waals surface area contributed by atoms with Crippen LogP contribution >= 0.6 is 0 Å². The van der Waals surface area contributed by atoms with E-state index in [1.807, 2.05) is 0 Å². The Labute approximate surface area is 118 Å². The van der Waals surface area contributed by atoms with E-state index in [4.69, 9.17) is 4.52 Å². The molecule has 2 atom stereocenters. The summed E-state index contributed by atoms with van der Waals surface area (Å²) in [5.74, 6) is 1.04. The molecule has 3 rings (SSSR count). The molecule has 112 valence electrons. The molecular weight excluding hydrogens is 258 g/mol. The highest BCUT2D eigenvalue weighted by molar-refractivity contribution is 5.04. The van der Waals surface area contributed by atoms with Gasteiger partial charge in [0.05, 0.1) is 0 Å². The SMILES string of the molecule is CN1CCN(C)C(Cc2noc(C3(O)CCNC3)n2)C1.